The molecule has 1 amide bonds. The van der Waals surface area contributed by atoms with Crippen molar-refractivity contribution in [2.45, 2.75) is 56.6 Å². The quantitative estimate of drug-likeness (QED) is 0.0604. The van der Waals surface area contributed by atoms with Crippen LogP contribution < -0.4 is 15.6 Å². The second-order valence-electron chi connectivity index (χ2n) is 11.2. The summed E-state index contributed by atoms with van der Waals surface area (Å²) < 4.78 is 13.2. The molecule has 1 saturated carbocycles. The number of rotatable bonds is 13. The van der Waals surface area contributed by atoms with E-state index in [1.807, 2.05) is 60.7 Å². The number of nitrogens with one attached hydrogen (secondary N) is 2. The summed E-state index contributed by atoms with van der Waals surface area (Å²) in [6.45, 7) is 1.14. The lowest BCUT2D eigenvalue weighted by Gasteiger charge is -2.31. The van der Waals surface area contributed by atoms with Gasteiger partial charge < -0.3 is 14.6 Å². The van der Waals surface area contributed by atoms with E-state index in [0.29, 0.717) is 54.0 Å². The monoisotopic (exact) mass is 660 g/mol. The van der Waals surface area contributed by atoms with Crippen LogP contribution in [0, 0.1) is 5.92 Å². The molecule has 1 aliphatic heterocycles. The Kier molecular flexibility index (Phi) is 10.9. The number of hydrogen-bond acceptors (Lipinski definition) is 7. The van der Waals surface area contributed by atoms with Gasteiger partial charge in [0.15, 0.2) is 11.6 Å². The van der Waals surface area contributed by atoms with Crippen molar-refractivity contribution in [3.05, 3.63) is 104 Å². The van der Waals surface area contributed by atoms with Crippen molar-refractivity contribution in [1.82, 2.24) is 10.9 Å². The van der Waals surface area contributed by atoms with Crippen LogP contribution in [0.4, 0.5) is 5.69 Å². The highest BCUT2D eigenvalue weighted by Crippen LogP contribution is 2.44. The molecule has 1 aliphatic carbocycles. The van der Waals surface area contributed by atoms with Crippen LogP contribution in [0.3, 0.4) is 0 Å². The summed E-state index contributed by atoms with van der Waals surface area (Å²) in [5.74, 6) is 1.15. The van der Waals surface area contributed by atoms with Gasteiger partial charge in [0.2, 0.25) is 5.90 Å². The first-order chi connectivity index (χ1) is 21.5. The van der Waals surface area contributed by atoms with Crippen molar-refractivity contribution in [3.8, 4) is 5.75 Å². The molecule has 1 fully saturated rings. The lowest BCUT2D eigenvalue weighted by molar-refractivity contribution is -0.130. The van der Waals surface area contributed by atoms with E-state index >= 15 is 0 Å². The Hall–Kier alpha value is -3.89. The van der Waals surface area contributed by atoms with E-state index in [1.165, 1.54) is 19.3 Å². The third-order valence-electron chi connectivity index (χ3n) is 8.12. The normalized spacial score (nSPS) is 19.9. The summed E-state index contributed by atoms with van der Waals surface area (Å²) in [5.41, 5.74) is 16.6. The summed E-state index contributed by atoms with van der Waals surface area (Å²) >= 11 is 3.51. The molecule has 44 heavy (non-hydrogen) atoms. The number of ether oxygens (including phenoxy) is 2. The molecule has 0 bridgehead atoms. The van der Waals surface area contributed by atoms with E-state index < -0.39 is 11.6 Å². The molecule has 10 nitrogen and oxygen atoms in total. The lowest BCUT2D eigenvalue weighted by atomic mass is 9.81. The van der Waals surface area contributed by atoms with Crippen molar-refractivity contribution in [2.75, 3.05) is 19.8 Å². The maximum absolute atomic E-state index is 14.4. The second kappa shape index (κ2) is 15.2. The number of halogens is 1. The van der Waals surface area contributed by atoms with E-state index in [9.17, 15) is 10.3 Å². The molecule has 5 rings (SSSR count). The molecular weight excluding hydrogens is 624 g/mol. The summed E-state index contributed by atoms with van der Waals surface area (Å²) in [7, 11) is 0. The first-order valence-electron chi connectivity index (χ1n) is 15.0. The Labute approximate surface area is 265 Å². The average Bonchev–Trinajstić information content (AvgIpc) is 3.44. The van der Waals surface area contributed by atoms with Gasteiger partial charge >= 0.3 is 0 Å². The van der Waals surface area contributed by atoms with Crippen molar-refractivity contribution >= 4 is 33.4 Å². The van der Waals surface area contributed by atoms with Gasteiger partial charge in [-0.2, -0.15) is 0 Å². The minimum absolute atomic E-state index is 0.0582. The van der Waals surface area contributed by atoms with Crippen LogP contribution in [-0.2, 0) is 16.0 Å². The van der Waals surface area contributed by atoms with Crippen molar-refractivity contribution in [1.29, 1.82) is 0 Å². The van der Waals surface area contributed by atoms with Gasteiger partial charge in [0.05, 0.1) is 6.61 Å². The fraction of sp³-hybridized carbons (Fsp3) is 0.394. The third-order valence-corrected chi connectivity index (χ3v) is 8.65. The maximum atomic E-state index is 14.4. The molecule has 2 aliphatic rings. The highest BCUT2D eigenvalue weighted by molar-refractivity contribution is 9.10. The van der Waals surface area contributed by atoms with Crippen molar-refractivity contribution in [3.63, 3.8) is 0 Å². The van der Waals surface area contributed by atoms with E-state index in [1.54, 1.807) is 12.1 Å². The summed E-state index contributed by atoms with van der Waals surface area (Å²) in [5, 5.41) is 13.0. The maximum Gasteiger partial charge on any atom is 0.266 e. The molecule has 230 valence electrons. The molecule has 0 aromatic heterocycles. The van der Waals surface area contributed by atoms with Crippen LogP contribution in [-0.4, -0.2) is 42.2 Å². The number of aliphatic hydroxyl groups excluding tert-OH is 1. The number of hydrogen-bond donors (Lipinski definition) is 3. The molecule has 0 spiro atoms. The zero-order valence-corrected chi connectivity index (χ0v) is 26.1. The summed E-state index contributed by atoms with van der Waals surface area (Å²) in [6, 6.07) is 22.2. The minimum atomic E-state index is -1.43. The first kappa shape index (κ1) is 31.5. The van der Waals surface area contributed by atoms with Gasteiger partial charge in [-0.1, -0.05) is 76.7 Å². The predicted molar refractivity (Wildman–Crippen MR) is 173 cm³/mol. The van der Waals surface area contributed by atoms with Gasteiger partial charge in [-0.3, -0.25) is 10.2 Å². The van der Waals surface area contributed by atoms with Crippen LogP contribution >= 0.6 is 15.9 Å². The predicted octanol–water partition coefficient (Wildman–Crippen LogP) is 6.85. The Balaban J connectivity index is 1.53. The topological polar surface area (TPSA) is 141 Å². The van der Waals surface area contributed by atoms with Crippen LogP contribution in [0.1, 0.15) is 61.3 Å². The van der Waals surface area contributed by atoms with Gasteiger partial charge in [-0.05, 0) is 71.8 Å². The molecule has 0 saturated heterocycles. The molecule has 3 aromatic carbocycles. The second-order valence-corrected chi connectivity index (χ2v) is 12.1. The highest BCUT2D eigenvalue weighted by Gasteiger charge is 2.53. The molecule has 1 heterocycles. The number of amides is 1. The van der Waals surface area contributed by atoms with Gasteiger partial charge in [0.25, 0.3) is 5.91 Å². The Morgan fingerprint density at radius 1 is 1.09 bits per heavy atom. The number of benzene rings is 3. The Bertz CT molecular complexity index is 1490. The molecule has 3 N–H and O–H groups in total. The molecule has 2 atom stereocenters. The fourth-order valence-corrected chi connectivity index (χ4v) is 6.06. The molecular formula is C33H37BrN6O4. The third kappa shape index (κ3) is 7.60. The summed E-state index contributed by atoms with van der Waals surface area (Å²) in [4.78, 5) is 22.5. The van der Waals surface area contributed by atoms with Crippen LogP contribution in [0.15, 0.2) is 87.4 Å². The number of aliphatic imine (C=N–C) groups is 1. The molecule has 3 aromatic rings. The van der Waals surface area contributed by atoms with Crippen LogP contribution in [0.5, 0.6) is 5.75 Å². The number of azide groups is 1. The smallest absolute Gasteiger partial charge is 0.266 e. The number of carbonyl (C=O) groups excluding carboxylic acids is 1. The standard InChI is InChI=1S/C33H37BrN6O4/c34-27-15-11-24(12-16-27)30-33(21-26-9-4-5-10-29(26)38-40-35,32(42)39-36-22-23-7-2-1-3-8-23)37-31(44-30)25-13-17-28(18-14-25)43-20-6-19-41/h4-5,9-18,23,30,36,41H,1-3,6-8,19-22H2,(H,39,42)/t30-,33-/m0/s1. The van der Waals surface area contributed by atoms with Crippen molar-refractivity contribution in [2.24, 2.45) is 16.0 Å². The SMILES string of the molecule is [N-]=[N+]=Nc1ccccc1C[C@]1(C(=O)NNCC2CCCCC2)N=C(c2ccc(OCCCO)cc2)O[C@H]1c1ccc(Br)cc1. The van der Waals surface area contributed by atoms with E-state index in [0.717, 1.165) is 22.9 Å². The van der Waals surface area contributed by atoms with Crippen molar-refractivity contribution < 1.29 is 19.4 Å². The number of hydrazine groups is 1. The van der Waals surface area contributed by atoms with Gasteiger partial charge in [0.1, 0.15) is 5.75 Å². The first-order valence-corrected chi connectivity index (χ1v) is 15.8. The zero-order valence-electron chi connectivity index (χ0n) is 24.5. The van der Waals surface area contributed by atoms with E-state index in [4.69, 9.17) is 19.6 Å². The Morgan fingerprint density at radius 3 is 2.57 bits per heavy atom. The van der Waals surface area contributed by atoms with Gasteiger partial charge in [-0.15, -0.1) is 0 Å². The zero-order chi connectivity index (χ0) is 30.8. The molecule has 0 unspecified atom stereocenters. The van der Waals surface area contributed by atoms with Gasteiger partial charge in [-0.25, -0.2) is 10.4 Å². The molecule has 11 heteroatoms. The number of aliphatic hydroxyl groups is 1. The van der Waals surface area contributed by atoms with Crippen LogP contribution in [0.25, 0.3) is 10.4 Å². The van der Waals surface area contributed by atoms with E-state index in [2.05, 4.69) is 36.8 Å². The van der Waals surface area contributed by atoms with Crippen LogP contribution in [0.2, 0.25) is 0 Å². The summed E-state index contributed by atoms with van der Waals surface area (Å²) in [6.07, 6.45) is 5.84. The number of nitrogens with zero attached hydrogens (tertiary/aromatic N) is 4. The number of carbonyl (C=O) groups is 1. The highest BCUT2D eigenvalue weighted by atomic mass is 79.9. The lowest BCUT2D eigenvalue weighted by Crippen LogP contribution is -2.54. The fourth-order valence-electron chi connectivity index (χ4n) is 5.79. The largest absolute Gasteiger partial charge is 0.494 e. The van der Waals surface area contributed by atoms with Gasteiger partial charge in [0, 0.05) is 46.6 Å². The molecule has 0 radical (unpaired) electrons. The average molecular weight is 662 g/mol. The minimum Gasteiger partial charge on any atom is -0.494 e. The van der Waals surface area contributed by atoms with E-state index in [-0.39, 0.29) is 18.9 Å². The Morgan fingerprint density at radius 2 is 1.84 bits per heavy atom.